The van der Waals surface area contributed by atoms with Crippen molar-refractivity contribution in [2.45, 2.75) is 18.6 Å². The van der Waals surface area contributed by atoms with E-state index in [0.717, 1.165) is 0 Å². The Hall–Kier alpha value is -2.44. The molecule has 0 bridgehead atoms. The highest BCUT2D eigenvalue weighted by Gasteiger charge is 2.44. The van der Waals surface area contributed by atoms with Gasteiger partial charge in [-0.3, -0.25) is 9.59 Å². The monoisotopic (exact) mass is 302 g/mol. The van der Waals surface area contributed by atoms with Gasteiger partial charge in [0.25, 0.3) is 0 Å². The number of benzene rings is 1. The van der Waals surface area contributed by atoms with Gasteiger partial charge in [-0.2, -0.15) is 0 Å². The van der Waals surface area contributed by atoms with Gasteiger partial charge in [0, 0.05) is 22.8 Å². The highest BCUT2D eigenvalue weighted by atomic mass is 16.5. The number of aliphatic hydroxyl groups excluding tert-OH is 1. The van der Waals surface area contributed by atoms with Crippen molar-refractivity contribution in [1.29, 1.82) is 0 Å². The standard InChI is InChI=1S/C16H14O6/c1-16(21)4-3-8-12(15(16)20)14(19)9-5-7(22-2)6-10(17)11(9)13(8)18/h3-6,15,17,20-21H,1-2H3/t15-,16-/m1/s1. The molecule has 0 aromatic heterocycles. The van der Waals surface area contributed by atoms with Crippen LogP contribution in [0.3, 0.4) is 0 Å². The molecule has 0 saturated heterocycles. The number of Topliss-reactive ketones (excluding diaryl/α,β-unsaturated/α-hetero) is 2. The molecule has 3 N–H and O–H groups in total. The zero-order valence-corrected chi connectivity index (χ0v) is 12.0. The van der Waals surface area contributed by atoms with E-state index in [0.29, 0.717) is 0 Å². The Bertz CT molecular complexity index is 769. The molecule has 2 aliphatic carbocycles. The molecule has 6 heteroatoms. The van der Waals surface area contributed by atoms with E-state index in [-0.39, 0.29) is 33.8 Å². The molecule has 114 valence electrons. The quantitative estimate of drug-likeness (QED) is 0.707. The minimum Gasteiger partial charge on any atom is -0.507 e. The maximum atomic E-state index is 12.6. The number of phenols is 1. The lowest BCUT2D eigenvalue weighted by molar-refractivity contribution is -0.00794. The van der Waals surface area contributed by atoms with E-state index in [1.807, 2.05) is 0 Å². The SMILES string of the molecule is COc1cc(O)c2c(c1)C(=O)C1=C(C=C[C@@](C)(O)[C@@H]1O)C2=O. The van der Waals surface area contributed by atoms with Crippen LogP contribution >= 0.6 is 0 Å². The van der Waals surface area contributed by atoms with Crippen molar-refractivity contribution in [3.8, 4) is 11.5 Å². The highest BCUT2D eigenvalue weighted by molar-refractivity contribution is 6.29. The predicted octanol–water partition coefficient (Wildman–Crippen LogP) is 0.758. The van der Waals surface area contributed by atoms with Crippen molar-refractivity contribution in [1.82, 2.24) is 0 Å². The first kappa shape index (κ1) is 14.5. The largest absolute Gasteiger partial charge is 0.507 e. The van der Waals surface area contributed by atoms with Crippen LogP contribution in [0.4, 0.5) is 0 Å². The zero-order chi connectivity index (χ0) is 16.2. The van der Waals surface area contributed by atoms with Gasteiger partial charge in [0.05, 0.1) is 12.7 Å². The van der Waals surface area contributed by atoms with Crippen LogP contribution < -0.4 is 4.74 Å². The van der Waals surface area contributed by atoms with Crippen LogP contribution in [-0.4, -0.2) is 45.7 Å². The van der Waals surface area contributed by atoms with E-state index in [9.17, 15) is 24.9 Å². The topological polar surface area (TPSA) is 104 Å². The van der Waals surface area contributed by atoms with Crippen LogP contribution in [0.2, 0.25) is 0 Å². The van der Waals surface area contributed by atoms with Crippen LogP contribution in [0.1, 0.15) is 27.6 Å². The van der Waals surface area contributed by atoms with Gasteiger partial charge >= 0.3 is 0 Å². The molecule has 3 rings (SSSR count). The van der Waals surface area contributed by atoms with Crippen molar-refractivity contribution in [3.63, 3.8) is 0 Å². The van der Waals surface area contributed by atoms with Gasteiger partial charge < -0.3 is 20.1 Å². The third-order valence-corrected chi connectivity index (χ3v) is 3.99. The smallest absolute Gasteiger partial charge is 0.198 e. The maximum Gasteiger partial charge on any atom is 0.198 e. The van der Waals surface area contributed by atoms with Crippen LogP contribution in [0.5, 0.6) is 11.5 Å². The van der Waals surface area contributed by atoms with Crippen LogP contribution in [0.15, 0.2) is 35.4 Å². The molecule has 22 heavy (non-hydrogen) atoms. The summed E-state index contributed by atoms with van der Waals surface area (Å²) in [5, 5.41) is 30.3. The number of methoxy groups -OCH3 is 1. The van der Waals surface area contributed by atoms with Crippen molar-refractivity contribution in [2.24, 2.45) is 0 Å². The first-order chi connectivity index (χ1) is 10.3. The average molecular weight is 302 g/mol. The van der Waals surface area contributed by atoms with Crippen LogP contribution in [0.25, 0.3) is 0 Å². The number of ether oxygens (including phenoxy) is 1. The molecular weight excluding hydrogens is 288 g/mol. The van der Waals surface area contributed by atoms with Gasteiger partial charge in [-0.15, -0.1) is 0 Å². The Kier molecular flexibility index (Phi) is 2.98. The fraction of sp³-hybridized carbons (Fsp3) is 0.250. The lowest BCUT2D eigenvalue weighted by atomic mass is 9.74. The summed E-state index contributed by atoms with van der Waals surface area (Å²) in [7, 11) is 1.37. The van der Waals surface area contributed by atoms with Gasteiger partial charge in [-0.05, 0) is 19.1 Å². The molecule has 1 aromatic rings. The van der Waals surface area contributed by atoms with Crippen molar-refractivity contribution in [3.05, 3.63) is 46.6 Å². The molecule has 2 atom stereocenters. The Morgan fingerprint density at radius 3 is 2.55 bits per heavy atom. The molecule has 0 spiro atoms. The summed E-state index contributed by atoms with van der Waals surface area (Å²) in [5.74, 6) is -1.33. The minimum absolute atomic E-state index is 0.0167. The first-order valence-corrected chi connectivity index (χ1v) is 6.62. The summed E-state index contributed by atoms with van der Waals surface area (Å²) in [6, 6.07) is 2.58. The molecule has 0 radical (unpaired) electrons. The van der Waals surface area contributed by atoms with E-state index in [1.54, 1.807) is 0 Å². The summed E-state index contributed by atoms with van der Waals surface area (Å²) >= 11 is 0. The second-order valence-electron chi connectivity index (χ2n) is 5.52. The number of phenolic OH excluding ortho intramolecular Hbond substituents is 1. The molecule has 6 nitrogen and oxygen atoms in total. The third kappa shape index (κ3) is 1.81. The van der Waals surface area contributed by atoms with E-state index in [2.05, 4.69) is 0 Å². The van der Waals surface area contributed by atoms with Crippen molar-refractivity contribution < 1.29 is 29.6 Å². The number of rotatable bonds is 1. The van der Waals surface area contributed by atoms with Crippen LogP contribution in [-0.2, 0) is 0 Å². The second kappa shape index (κ2) is 4.53. The molecule has 0 unspecified atom stereocenters. The van der Waals surface area contributed by atoms with E-state index in [1.165, 1.54) is 38.3 Å². The normalized spacial score (nSPS) is 26.8. The number of aromatic hydroxyl groups is 1. The lowest BCUT2D eigenvalue weighted by Gasteiger charge is -2.34. The number of aliphatic hydroxyl groups is 2. The van der Waals surface area contributed by atoms with Gasteiger partial charge in [-0.1, -0.05) is 6.08 Å². The number of hydrogen-bond donors (Lipinski definition) is 3. The fourth-order valence-electron chi connectivity index (χ4n) is 2.73. The highest BCUT2D eigenvalue weighted by Crippen LogP contribution is 2.40. The van der Waals surface area contributed by atoms with Gasteiger partial charge in [0.15, 0.2) is 11.6 Å². The van der Waals surface area contributed by atoms with Gasteiger partial charge in [0.1, 0.15) is 23.2 Å². The number of carbonyl (C=O) groups is 2. The summed E-state index contributed by atoms with van der Waals surface area (Å²) < 4.78 is 4.98. The van der Waals surface area contributed by atoms with Crippen LogP contribution in [0, 0.1) is 0 Å². The van der Waals surface area contributed by atoms with Crippen molar-refractivity contribution >= 4 is 11.6 Å². The molecule has 0 amide bonds. The van der Waals surface area contributed by atoms with E-state index < -0.39 is 23.3 Å². The second-order valence-corrected chi connectivity index (χ2v) is 5.52. The Labute approximate surface area is 126 Å². The number of allylic oxidation sites excluding steroid dienone is 2. The summed E-state index contributed by atoms with van der Waals surface area (Å²) in [4.78, 5) is 25.2. The summed E-state index contributed by atoms with van der Waals surface area (Å²) in [5.41, 5.74) is -2.00. The average Bonchev–Trinajstić information content (AvgIpc) is 2.46. The lowest BCUT2D eigenvalue weighted by Crippen LogP contribution is -2.45. The Morgan fingerprint density at radius 1 is 1.23 bits per heavy atom. The molecule has 1 aromatic carbocycles. The zero-order valence-electron chi connectivity index (χ0n) is 12.0. The Morgan fingerprint density at radius 2 is 1.91 bits per heavy atom. The molecular formula is C16H14O6. The molecule has 0 aliphatic heterocycles. The minimum atomic E-state index is -1.65. The maximum absolute atomic E-state index is 12.6. The number of hydrogen-bond acceptors (Lipinski definition) is 6. The number of ketones is 2. The Balaban J connectivity index is 2.26. The summed E-state index contributed by atoms with van der Waals surface area (Å²) in [6.07, 6.45) is 1.03. The molecule has 0 fully saturated rings. The fourth-order valence-corrected chi connectivity index (χ4v) is 2.73. The van der Waals surface area contributed by atoms with Gasteiger partial charge in [-0.25, -0.2) is 0 Å². The molecule has 2 aliphatic rings. The van der Waals surface area contributed by atoms with Crippen molar-refractivity contribution in [2.75, 3.05) is 7.11 Å². The number of fused-ring (bicyclic) bond motifs is 1. The van der Waals surface area contributed by atoms with E-state index in [4.69, 9.17) is 4.74 Å². The first-order valence-electron chi connectivity index (χ1n) is 6.62. The predicted molar refractivity (Wildman–Crippen MR) is 76.1 cm³/mol. The number of carbonyl (C=O) groups excluding carboxylic acids is 2. The van der Waals surface area contributed by atoms with E-state index >= 15 is 0 Å². The summed E-state index contributed by atoms with van der Waals surface area (Å²) in [6.45, 7) is 1.34. The molecule has 0 saturated carbocycles. The van der Waals surface area contributed by atoms with Gasteiger partial charge in [0.2, 0.25) is 0 Å². The molecule has 0 heterocycles. The third-order valence-electron chi connectivity index (χ3n) is 3.99.